The largest absolute Gasteiger partial charge is 0.493 e. The summed E-state index contributed by atoms with van der Waals surface area (Å²) in [7, 11) is 3.12. The van der Waals surface area contributed by atoms with E-state index in [0.717, 1.165) is 9.75 Å². The summed E-state index contributed by atoms with van der Waals surface area (Å²) in [5, 5.41) is 4.05. The van der Waals surface area contributed by atoms with Crippen molar-refractivity contribution in [2.24, 2.45) is 0 Å². The van der Waals surface area contributed by atoms with Crippen molar-refractivity contribution >= 4 is 28.6 Å². The van der Waals surface area contributed by atoms with Crippen molar-refractivity contribution in [3.8, 4) is 11.5 Å². The molecule has 0 N–H and O–H groups in total. The Bertz CT molecular complexity index is 777. The van der Waals surface area contributed by atoms with Crippen LogP contribution in [0.5, 0.6) is 11.5 Å². The third-order valence-corrected chi connectivity index (χ3v) is 5.50. The molecule has 1 amide bonds. The second kappa shape index (κ2) is 8.18. The van der Waals surface area contributed by atoms with Crippen LogP contribution in [0.1, 0.15) is 20.1 Å². The molecule has 25 heavy (non-hydrogen) atoms. The molecule has 0 saturated carbocycles. The first-order chi connectivity index (χ1) is 12.2. The first-order valence-corrected chi connectivity index (χ1v) is 9.54. The highest BCUT2D eigenvalue weighted by Gasteiger charge is 2.23. The minimum Gasteiger partial charge on any atom is -0.493 e. The topological polar surface area (TPSA) is 38.8 Å². The smallest absolute Gasteiger partial charge is 0.258 e. The Morgan fingerprint density at radius 1 is 0.920 bits per heavy atom. The quantitative estimate of drug-likeness (QED) is 0.604. The maximum atomic E-state index is 13.2. The van der Waals surface area contributed by atoms with Crippen LogP contribution in [0.15, 0.2) is 53.2 Å². The summed E-state index contributed by atoms with van der Waals surface area (Å²) in [6.45, 7) is 1.13. The molecule has 0 saturated heterocycles. The monoisotopic (exact) mass is 373 g/mol. The predicted molar refractivity (Wildman–Crippen MR) is 102 cm³/mol. The number of methoxy groups -OCH3 is 2. The van der Waals surface area contributed by atoms with Gasteiger partial charge in [-0.1, -0.05) is 18.2 Å². The summed E-state index contributed by atoms with van der Waals surface area (Å²) in [5.41, 5.74) is 0.509. The highest BCUT2D eigenvalue weighted by Crippen LogP contribution is 2.32. The predicted octanol–water partition coefficient (Wildman–Crippen LogP) is 4.67. The van der Waals surface area contributed by atoms with Crippen molar-refractivity contribution in [1.82, 2.24) is 4.90 Å². The minimum absolute atomic E-state index is 0.0717. The third kappa shape index (κ3) is 4.03. The van der Waals surface area contributed by atoms with E-state index >= 15 is 0 Å². The van der Waals surface area contributed by atoms with E-state index in [-0.39, 0.29) is 5.91 Å². The fourth-order valence-corrected chi connectivity index (χ4v) is 4.05. The van der Waals surface area contributed by atoms with Gasteiger partial charge in [0.1, 0.15) is 0 Å². The van der Waals surface area contributed by atoms with Gasteiger partial charge >= 0.3 is 0 Å². The maximum absolute atomic E-state index is 13.2. The molecular formula is C19H19NO3S2. The molecule has 0 spiro atoms. The van der Waals surface area contributed by atoms with Crippen LogP contribution >= 0.6 is 22.7 Å². The number of amides is 1. The molecule has 2 heterocycles. The van der Waals surface area contributed by atoms with E-state index < -0.39 is 0 Å². The third-order valence-electron chi connectivity index (χ3n) is 3.77. The van der Waals surface area contributed by atoms with Gasteiger partial charge in [-0.15, -0.1) is 22.7 Å². The molecule has 0 unspecified atom stereocenters. The van der Waals surface area contributed by atoms with Gasteiger partial charge in [0.2, 0.25) is 0 Å². The fraction of sp³-hybridized carbons (Fsp3) is 0.211. The van der Waals surface area contributed by atoms with Gasteiger partial charge in [-0.3, -0.25) is 4.79 Å². The summed E-state index contributed by atoms with van der Waals surface area (Å²) in [4.78, 5) is 17.4. The van der Waals surface area contributed by atoms with E-state index in [4.69, 9.17) is 9.47 Å². The van der Waals surface area contributed by atoms with E-state index in [0.29, 0.717) is 30.2 Å². The lowest BCUT2D eigenvalue weighted by atomic mass is 10.1. The Morgan fingerprint density at radius 3 is 2.04 bits per heavy atom. The lowest BCUT2D eigenvalue weighted by Gasteiger charge is -2.23. The second-order valence-electron chi connectivity index (χ2n) is 5.36. The normalized spacial score (nSPS) is 10.5. The van der Waals surface area contributed by atoms with Crippen molar-refractivity contribution in [3.05, 3.63) is 68.5 Å². The number of benzene rings is 1. The molecule has 6 heteroatoms. The number of thiophene rings is 2. The number of para-hydroxylation sites is 1. The molecule has 0 fully saturated rings. The van der Waals surface area contributed by atoms with E-state index in [1.807, 2.05) is 46.0 Å². The highest BCUT2D eigenvalue weighted by molar-refractivity contribution is 7.10. The van der Waals surface area contributed by atoms with Gasteiger partial charge in [0.25, 0.3) is 5.91 Å². The van der Waals surface area contributed by atoms with Gasteiger partial charge in [-0.05, 0) is 35.0 Å². The summed E-state index contributed by atoms with van der Waals surface area (Å²) in [5.74, 6) is 0.954. The zero-order valence-electron chi connectivity index (χ0n) is 14.1. The Kier molecular flexibility index (Phi) is 5.73. The molecule has 0 atom stereocenters. The minimum atomic E-state index is -0.0717. The van der Waals surface area contributed by atoms with Crippen LogP contribution in [0.25, 0.3) is 0 Å². The van der Waals surface area contributed by atoms with Gasteiger partial charge in [0, 0.05) is 9.75 Å². The molecule has 2 aromatic heterocycles. The van der Waals surface area contributed by atoms with E-state index in [1.165, 1.54) is 0 Å². The van der Waals surface area contributed by atoms with Crippen molar-refractivity contribution in [1.29, 1.82) is 0 Å². The molecule has 3 aromatic rings. The van der Waals surface area contributed by atoms with Gasteiger partial charge < -0.3 is 14.4 Å². The van der Waals surface area contributed by atoms with Gasteiger partial charge in [-0.2, -0.15) is 0 Å². The Hall–Kier alpha value is -2.31. The lowest BCUT2D eigenvalue weighted by molar-refractivity contribution is 0.0729. The zero-order chi connectivity index (χ0) is 17.6. The summed E-state index contributed by atoms with van der Waals surface area (Å²) < 4.78 is 10.8. The van der Waals surface area contributed by atoms with Gasteiger partial charge in [0.05, 0.1) is 32.9 Å². The van der Waals surface area contributed by atoms with Crippen molar-refractivity contribution < 1.29 is 14.3 Å². The molecule has 1 aromatic carbocycles. The second-order valence-corrected chi connectivity index (χ2v) is 7.43. The summed E-state index contributed by atoms with van der Waals surface area (Å²) in [6.07, 6.45) is 0. The Morgan fingerprint density at radius 2 is 1.56 bits per heavy atom. The molecular weight excluding hydrogens is 354 g/mol. The first-order valence-electron chi connectivity index (χ1n) is 7.78. The van der Waals surface area contributed by atoms with Gasteiger partial charge in [0.15, 0.2) is 11.5 Å². The van der Waals surface area contributed by atoms with Crippen LogP contribution in [0, 0.1) is 0 Å². The molecule has 130 valence electrons. The Labute approximate surface area is 155 Å². The average molecular weight is 373 g/mol. The fourth-order valence-electron chi connectivity index (χ4n) is 2.61. The molecule has 4 nitrogen and oxygen atoms in total. The number of ether oxygens (including phenoxy) is 2. The molecule has 0 aliphatic heterocycles. The Balaban J connectivity index is 1.93. The van der Waals surface area contributed by atoms with Crippen molar-refractivity contribution in [2.75, 3.05) is 14.2 Å². The maximum Gasteiger partial charge on any atom is 0.258 e. The summed E-state index contributed by atoms with van der Waals surface area (Å²) >= 11 is 3.30. The standard InChI is InChI=1S/C19H19NO3S2/c1-22-17-9-3-8-16(18(17)23-2)19(21)20(12-14-6-4-10-24-14)13-15-7-5-11-25-15/h3-11H,12-13H2,1-2H3. The van der Waals surface area contributed by atoms with Crippen LogP contribution in [-0.4, -0.2) is 25.0 Å². The van der Waals surface area contributed by atoms with E-state index in [2.05, 4.69) is 0 Å². The number of hydrogen-bond donors (Lipinski definition) is 0. The SMILES string of the molecule is COc1cccc(C(=O)N(Cc2cccs2)Cc2cccs2)c1OC. The molecule has 0 radical (unpaired) electrons. The number of hydrogen-bond acceptors (Lipinski definition) is 5. The number of nitrogens with zero attached hydrogens (tertiary/aromatic N) is 1. The van der Waals surface area contributed by atoms with Crippen LogP contribution in [0.2, 0.25) is 0 Å². The van der Waals surface area contributed by atoms with Crippen molar-refractivity contribution in [2.45, 2.75) is 13.1 Å². The van der Waals surface area contributed by atoms with Crippen LogP contribution < -0.4 is 9.47 Å². The lowest BCUT2D eigenvalue weighted by Crippen LogP contribution is -2.30. The molecule has 0 bridgehead atoms. The first kappa shape index (κ1) is 17.5. The zero-order valence-corrected chi connectivity index (χ0v) is 15.7. The molecule has 0 aliphatic carbocycles. The van der Waals surface area contributed by atoms with Crippen LogP contribution in [0.3, 0.4) is 0 Å². The highest BCUT2D eigenvalue weighted by atomic mass is 32.1. The number of carbonyl (C=O) groups excluding carboxylic acids is 1. The molecule has 3 rings (SSSR count). The van der Waals surface area contributed by atoms with Crippen molar-refractivity contribution in [3.63, 3.8) is 0 Å². The van der Waals surface area contributed by atoms with Crippen LogP contribution in [0.4, 0.5) is 0 Å². The van der Waals surface area contributed by atoms with E-state index in [1.54, 1.807) is 49.0 Å². The summed E-state index contributed by atoms with van der Waals surface area (Å²) in [6, 6.07) is 13.5. The van der Waals surface area contributed by atoms with Gasteiger partial charge in [-0.25, -0.2) is 0 Å². The van der Waals surface area contributed by atoms with E-state index in [9.17, 15) is 4.79 Å². The number of carbonyl (C=O) groups is 1. The average Bonchev–Trinajstić information content (AvgIpc) is 3.33. The number of rotatable bonds is 7. The van der Waals surface area contributed by atoms with Crippen LogP contribution in [-0.2, 0) is 13.1 Å². The molecule has 0 aliphatic rings.